The maximum Gasteiger partial charge on any atom is 0.327 e. The van der Waals surface area contributed by atoms with Gasteiger partial charge in [-0.25, -0.2) is 4.79 Å². The van der Waals surface area contributed by atoms with Gasteiger partial charge < -0.3 is 24.8 Å². The zero-order valence-corrected chi connectivity index (χ0v) is 9.42. The maximum absolute atomic E-state index is 12.1. The second-order valence-corrected chi connectivity index (χ2v) is 4.02. The van der Waals surface area contributed by atoms with Crippen molar-refractivity contribution in [1.82, 2.24) is 10.2 Å². The molecular formula is C10H16N2O5. The largest absolute Gasteiger partial charge is 0.480 e. The Labute approximate surface area is 98.7 Å². The number of piperazine rings is 1. The van der Waals surface area contributed by atoms with E-state index < -0.39 is 18.1 Å². The third-order valence-electron chi connectivity index (χ3n) is 2.90. The summed E-state index contributed by atoms with van der Waals surface area (Å²) in [7, 11) is 0. The van der Waals surface area contributed by atoms with E-state index in [0.29, 0.717) is 26.3 Å². The highest BCUT2D eigenvalue weighted by Crippen LogP contribution is 2.10. The van der Waals surface area contributed by atoms with Gasteiger partial charge in [0.05, 0.1) is 19.8 Å². The van der Waals surface area contributed by atoms with Gasteiger partial charge in [-0.2, -0.15) is 0 Å². The number of aliphatic carboxylic acids is 1. The van der Waals surface area contributed by atoms with E-state index in [2.05, 4.69) is 5.32 Å². The Bertz CT molecular complexity index is 303. The monoisotopic (exact) mass is 244 g/mol. The van der Waals surface area contributed by atoms with Gasteiger partial charge in [-0.1, -0.05) is 0 Å². The Morgan fingerprint density at radius 2 is 2.18 bits per heavy atom. The number of ether oxygens (including phenoxy) is 2. The third-order valence-corrected chi connectivity index (χ3v) is 2.90. The van der Waals surface area contributed by atoms with Crippen molar-refractivity contribution in [2.75, 3.05) is 39.5 Å². The maximum atomic E-state index is 12.1. The lowest BCUT2D eigenvalue weighted by molar-refractivity contribution is -0.166. The van der Waals surface area contributed by atoms with Crippen molar-refractivity contribution in [3.05, 3.63) is 0 Å². The van der Waals surface area contributed by atoms with Crippen molar-refractivity contribution in [2.24, 2.45) is 0 Å². The highest BCUT2D eigenvalue weighted by molar-refractivity contribution is 5.87. The van der Waals surface area contributed by atoms with E-state index in [9.17, 15) is 9.59 Å². The molecule has 2 atom stereocenters. The van der Waals surface area contributed by atoms with Crippen LogP contribution in [0.25, 0.3) is 0 Å². The lowest BCUT2D eigenvalue weighted by atomic mass is 10.1. The van der Waals surface area contributed by atoms with Crippen molar-refractivity contribution in [2.45, 2.75) is 12.1 Å². The second kappa shape index (κ2) is 5.44. The van der Waals surface area contributed by atoms with E-state index in [1.165, 1.54) is 4.90 Å². The highest BCUT2D eigenvalue weighted by Gasteiger charge is 2.36. The first-order chi connectivity index (χ1) is 8.20. The molecule has 17 heavy (non-hydrogen) atoms. The number of carbonyl (C=O) groups excluding carboxylic acids is 1. The quantitative estimate of drug-likeness (QED) is 0.601. The lowest BCUT2D eigenvalue weighted by Gasteiger charge is -2.36. The molecule has 2 aliphatic heterocycles. The molecule has 2 fully saturated rings. The fourth-order valence-electron chi connectivity index (χ4n) is 2.00. The van der Waals surface area contributed by atoms with Crippen LogP contribution in [-0.4, -0.2) is 73.5 Å². The smallest absolute Gasteiger partial charge is 0.327 e. The summed E-state index contributed by atoms with van der Waals surface area (Å²) in [5, 5.41) is 12.0. The van der Waals surface area contributed by atoms with E-state index in [1.54, 1.807) is 0 Å². The zero-order valence-electron chi connectivity index (χ0n) is 9.42. The van der Waals surface area contributed by atoms with Gasteiger partial charge >= 0.3 is 5.97 Å². The number of carboxylic acids is 1. The molecule has 2 aliphatic rings. The van der Waals surface area contributed by atoms with E-state index in [-0.39, 0.29) is 19.1 Å². The number of carbonyl (C=O) groups is 2. The van der Waals surface area contributed by atoms with Gasteiger partial charge in [0.25, 0.3) is 5.91 Å². The minimum Gasteiger partial charge on any atom is -0.480 e. The van der Waals surface area contributed by atoms with Crippen LogP contribution in [0.2, 0.25) is 0 Å². The zero-order chi connectivity index (χ0) is 12.3. The van der Waals surface area contributed by atoms with Crippen LogP contribution in [0, 0.1) is 0 Å². The molecule has 0 saturated carbocycles. The number of nitrogens with one attached hydrogen (secondary N) is 1. The summed E-state index contributed by atoms with van der Waals surface area (Å²) in [6, 6.07) is -0.818. The minimum absolute atomic E-state index is 0.203. The number of carboxylic acid groups (broad SMARTS) is 1. The SMILES string of the molecule is O=C(O)C1CNCCN1C(=O)C1COCCO1. The van der Waals surface area contributed by atoms with Crippen LogP contribution in [0.1, 0.15) is 0 Å². The van der Waals surface area contributed by atoms with Crippen molar-refractivity contribution < 1.29 is 24.2 Å². The molecule has 7 heteroatoms. The predicted molar refractivity (Wildman–Crippen MR) is 56.6 cm³/mol. The Hall–Kier alpha value is -1.18. The Kier molecular flexibility index (Phi) is 3.93. The summed E-state index contributed by atoms with van der Waals surface area (Å²) in [5.74, 6) is -1.29. The molecule has 1 amide bonds. The predicted octanol–water partition coefficient (Wildman–Crippen LogP) is -1.71. The number of nitrogens with zero attached hydrogens (tertiary/aromatic N) is 1. The average molecular weight is 244 g/mol. The van der Waals surface area contributed by atoms with Gasteiger partial charge in [-0.3, -0.25) is 4.79 Å². The van der Waals surface area contributed by atoms with Gasteiger partial charge in [0.1, 0.15) is 6.04 Å². The average Bonchev–Trinajstić information content (AvgIpc) is 2.39. The van der Waals surface area contributed by atoms with Crippen LogP contribution in [0.3, 0.4) is 0 Å². The molecule has 2 unspecified atom stereocenters. The summed E-state index contributed by atoms with van der Waals surface area (Å²) in [6.45, 7) is 2.32. The first kappa shape index (κ1) is 12.3. The van der Waals surface area contributed by atoms with Crippen LogP contribution in [0.4, 0.5) is 0 Å². The molecule has 0 radical (unpaired) electrons. The first-order valence-electron chi connectivity index (χ1n) is 5.63. The highest BCUT2D eigenvalue weighted by atomic mass is 16.6. The molecule has 0 bridgehead atoms. The van der Waals surface area contributed by atoms with E-state index in [4.69, 9.17) is 14.6 Å². The minimum atomic E-state index is -0.998. The number of rotatable bonds is 2. The van der Waals surface area contributed by atoms with Gasteiger partial charge in [0.2, 0.25) is 0 Å². The molecule has 2 heterocycles. The molecule has 0 aromatic carbocycles. The van der Waals surface area contributed by atoms with Gasteiger partial charge in [-0.15, -0.1) is 0 Å². The first-order valence-corrected chi connectivity index (χ1v) is 5.63. The van der Waals surface area contributed by atoms with Crippen LogP contribution in [0.5, 0.6) is 0 Å². The molecule has 0 aromatic heterocycles. The van der Waals surface area contributed by atoms with Crippen LogP contribution < -0.4 is 5.32 Å². The molecule has 2 saturated heterocycles. The second-order valence-electron chi connectivity index (χ2n) is 4.02. The third kappa shape index (κ3) is 2.74. The summed E-state index contributed by atoms with van der Waals surface area (Å²) < 4.78 is 10.4. The molecule has 96 valence electrons. The summed E-state index contributed by atoms with van der Waals surface area (Å²) in [4.78, 5) is 24.5. The van der Waals surface area contributed by atoms with Crippen molar-refractivity contribution >= 4 is 11.9 Å². The fourth-order valence-corrected chi connectivity index (χ4v) is 2.00. The summed E-state index contributed by atoms with van der Waals surface area (Å²) in [6.07, 6.45) is -0.663. The molecular weight excluding hydrogens is 228 g/mol. The molecule has 7 nitrogen and oxygen atoms in total. The van der Waals surface area contributed by atoms with Gasteiger partial charge in [0, 0.05) is 19.6 Å². The van der Waals surface area contributed by atoms with Crippen LogP contribution >= 0.6 is 0 Å². The van der Waals surface area contributed by atoms with Gasteiger partial charge in [-0.05, 0) is 0 Å². The topological polar surface area (TPSA) is 88.1 Å². The van der Waals surface area contributed by atoms with Crippen LogP contribution in [0.15, 0.2) is 0 Å². The van der Waals surface area contributed by atoms with E-state index in [1.807, 2.05) is 0 Å². The van der Waals surface area contributed by atoms with E-state index >= 15 is 0 Å². The summed E-state index contributed by atoms with van der Waals surface area (Å²) >= 11 is 0. The molecule has 0 aliphatic carbocycles. The van der Waals surface area contributed by atoms with Crippen molar-refractivity contribution in [3.8, 4) is 0 Å². The van der Waals surface area contributed by atoms with Crippen molar-refractivity contribution in [3.63, 3.8) is 0 Å². The number of hydrogen-bond donors (Lipinski definition) is 2. The Morgan fingerprint density at radius 3 is 2.82 bits per heavy atom. The normalized spacial score (nSPS) is 30.0. The number of hydrogen-bond acceptors (Lipinski definition) is 5. The fraction of sp³-hybridized carbons (Fsp3) is 0.800. The van der Waals surface area contributed by atoms with Crippen molar-refractivity contribution in [1.29, 1.82) is 0 Å². The summed E-state index contributed by atoms with van der Waals surface area (Å²) in [5.41, 5.74) is 0. The van der Waals surface area contributed by atoms with Gasteiger partial charge in [0.15, 0.2) is 6.10 Å². The molecule has 0 spiro atoms. The standard InChI is InChI=1S/C10H16N2O5/c13-9(8-6-16-3-4-17-8)12-2-1-11-5-7(12)10(14)15/h7-8,11H,1-6H2,(H,14,15). The Balaban J connectivity index is 2.02. The molecule has 2 rings (SSSR count). The Morgan fingerprint density at radius 1 is 1.35 bits per heavy atom. The molecule has 0 aromatic rings. The van der Waals surface area contributed by atoms with E-state index in [0.717, 1.165) is 0 Å². The lowest BCUT2D eigenvalue weighted by Crippen LogP contribution is -2.60. The molecule has 2 N–H and O–H groups in total. The van der Waals surface area contributed by atoms with Crippen LogP contribution in [-0.2, 0) is 19.1 Å². The number of amides is 1.